The average molecular weight is 805 g/mol. The van der Waals surface area contributed by atoms with Gasteiger partial charge < -0.3 is 57.6 Å². The van der Waals surface area contributed by atoms with Crippen LogP contribution in [0.25, 0.3) is 0 Å². The third-order valence-corrected chi connectivity index (χ3v) is 10.1. The second kappa shape index (κ2) is 19.0. The number of amides is 1. The van der Waals surface area contributed by atoms with E-state index in [-0.39, 0.29) is 79.3 Å². The van der Waals surface area contributed by atoms with Gasteiger partial charge in [-0.2, -0.15) is 0 Å². The van der Waals surface area contributed by atoms with Crippen molar-refractivity contribution in [1.82, 2.24) is 4.90 Å². The van der Waals surface area contributed by atoms with Crippen molar-refractivity contribution < 1.29 is 72.0 Å². The summed E-state index contributed by atoms with van der Waals surface area (Å²) >= 11 is 0. The molecule has 3 rings (SSSR count). The third kappa shape index (κ3) is 13.2. The number of likely N-dealkylation sites (N-methyl/N-ethyl adjacent to an activating group) is 1. The molecule has 2 saturated heterocycles. The monoisotopic (exact) mass is 804 g/mol. The number of hydrogen-bond acceptors (Lipinski definition) is 9. The number of carbonyl (C=O) groups is 3. The van der Waals surface area contributed by atoms with Gasteiger partial charge in [-0.1, -0.05) is 52.0 Å². The number of halogens is 1. The molecule has 3 aliphatic rings. The first-order chi connectivity index (χ1) is 22.4. The SMILES string of the molecule is CC[C@H](O)[C@@H](C)[C@H]1O[C@@H]1C[C@H](C)/C=C/C=C(\C)[C@H]1OC(=O)C[C@H](O)CC[C@@](C)(OC(=O)N2CC[N+](C)(C)CC2)[C@@H](OC(C)=O)/C=C/[C@@H]1C.[I-]. The van der Waals surface area contributed by atoms with E-state index in [1.54, 1.807) is 17.9 Å². The Morgan fingerprint density at radius 3 is 2.45 bits per heavy atom. The van der Waals surface area contributed by atoms with Crippen LogP contribution in [0.5, 0.6) is 0 Å². The Bertz CT molecular complexity index is 1200. The van der Waals surface area contributed by atoms with Gasteiger partial charge in [0.2, 0.25) is 0 Å². The number of epoxide rings is 1. The van der Waals surface area contributed by atoms with Crippen LogP contribution in [0.3, 0.4) is 0 Å². The van der Waals surface area contributed by atoms with Crippen LogP contribution in [0.2, 0.25) is 0 Å². The van der Waals surface area contributed by atoms with Crippen molar-refractivity contribution in [3.8, 4) is 0 Å². The van der Waals surface area contributed by atoms with E-state index >= 15 is 0 Å². The summed E-state index contributed by atoms with van der Waals surface area (Å²) in [6.07, 6.45) is 7.88. The fourth-order valence-electron chi connectivity index (χ4n) is 6.52. The topological polar surface area (TPSA) is 135 Å². The zero-order valence-electron chi connectivity index (χ0n) is 31.0. The second-order valence-electron chi connectivity index (χ2n) is 15.1. The molecule has 0 radical (unpaired) electrons. The van der Waals surface area contributed by atoms with Crippen molar-refractivity contribution in [3.05, 3.63) is 36.0 Å². The van der Waals surface area contributed by atoms with E-state index in [4.69, 9.17) is 18.9 Å². The number of quaternary nitrogens is 1. The van der Waals surface area contributed by atoms with Crippen LogP contribution in [0.1, 0.15) is 80.6 Å². The van der Waals surface area contributed by atoms with Crippen LogP contribution in [0.15, 0.2) is 36.0 Å². The molecule has 0 unspecified atom stereocenters. The highest BCUT2D eigenvalue weighted by molar-refractivity contribution is 5.71. The van der Waals surface area contributed by atoms with Crippen molar-refractivity contribution in [3.63, 3.8) is 0 Å². The lowest BCUT2D eigenvalue weighted by Gasteiger charge is -2.41. The summed E-state index contributed by atoms with van der Waals surface area (Å²) in [6, 6.07) is 0. The Balaban J connectivity index is 0.00000833. The van der Waals surface area contributed by atoms with Crippen molar-refractivity contribution in [2.24, 2.45) is 17.8 Å². The number of hydrogen-bond donors (Lipinski definition) is 2. The average Bonchev–Trinajstić information content (AvgIpc) is 3.77. The van der Waals surface area contributed by atoms with Crippen LogP contribution in [0, 0.1) is 17.8 Å². The van der Waals surface area contributed by atoms with Crippen molar-refractivity contribution in [2.45, 2.75) is 123 Å². The maximum Gasteiger partial charge on any atom is 0.410 e. The Morgan fingerprint density at radius 2 is 1.84 bits per heavy atom. The zero-order valence-corrected chi connectivity index (χ0v) is 33.1. The molecule has 0 spiro atoms. The number of aliphatic hydroxyl groups excluding tert-OH is 2. The number of aliphatic hydroxyl groups is 2. The van der Waals surface area contributed by atoms with Crippen LogP contribution in [0.4, 0.5) is 4.79 Å². The van der Waals surface area contributed by atoms with E-state index in [0.29, 0.717) is 19.5 Å². The molecule has 3 heterocycles. The predicted octanol–water partition coefficient (Wildman–Crippen LogP) is 1.56. The van der Waals surface area contributed by atoms with Crippen LogP contribution in [-0.4, -0.2) is 120 Å². The summed E-state index contributed by atoms with van der Waals surface area (Å²) in [4.78, 5) is 40.3. The summed E-state index contributed by atoms with van der Waals surface area (Å²) in [7, 11) is 4.24. The lowest BCUT2D eigenvalue weighted by molar-refractivity contribution is -0.894. The number of allylic oxidation sites excluding steroid dienone is 3. The van der Waals surface area contributed by atoms with Crippen molar-refractivity contribution in [2.75, 3.05) is 40.3 Å². The number of carbonyl (C=O) groups excluding carboxylic acids is 3. The quantitative estimate of drug-likeness (QED) is 0.0643. The van der Waals surface area contributed by atoms with Gasteiger partial charge in [0.25, 0.3) is 0 Å². The Hall–Kier alpha value is -2.00. The van der Waals surface area contributed by atoms with Gasteiger partial charge in [-0.05, 0) is 57.1 Å². The Kier molecular flexibility index (Phi) is 16.7. The van der Waals surface area contributed by atoms with Gasteiger partial charge in [0.05, 0.1) is 71.1 Å². The van der Waals surface area contributed by atoms with Crippen LogP contribution < -0.4 is 24.0 Å². The lowest BCUT2D eigenvalue weighted by atomic mass is 9.88. The molecule has 0 bridgehead atoms. The minimum Gasteiger partial charge on any atom is -1.00 e. The molecule has 3 aliphatic heterocycles. The first kappa shape index (κ1) is 43.2. The highest BCUT2D eigenvalue weighted by Gasteiger charge is 2.45. The van der Waals surface area contributed by atoms with Gasteiger partial charge in [0, 0.05) is 18.8 Å². The number of ether oxygens (including phenoxy) is 4. The molecule has 0 saturated carbocycles. The van der Waals surface area contributed by atoms with Crippen molar-refractivity contribution >= 4 is 18.0 Å². The Morgan fingerprint density at radius 1 is 1.18 bits per heavy atom. The summed E-state index contributed by atoms with van der Waals surface area (Å²) in [5.41, 5.74) is -0.485. The van der Waals surface area contributed by atoms with Gasteiger partial charge in [0.15, 0.2) is 11.7 Å². The van der Waals surface area contributed by atoms with E-state index in [0.717, 1.165) is 29.6 Å². The lowest BCUT2D eigenvalue weighted by Crippen LogP contribution is -3.00. The summed E-state index contributed by atoms with van der Waals surface area (Å²) in [5.74, 6) is -1.04. The molecule has 2 fully saturated rings. The molecule has 0 aliphatic carbocycles. The first-order valence-corrected chi connectivity index (χ1v) is 17.7. The molecule has 11 nitrogen and oxygen atoms in total. The molecular weight excluding hydrogens is 743 g/mol. The van der Waals surface area contributed by atoms with E-state index in [1.165, 1.54) is 6.92 Å². The van der Waals surface area contributed by atoms with E-state index < -0.39 is 41.9 Å². The standard InChI is InChI=1S/C37H61N2O9.HI/c1-10-30(42)27(5)35-31(46-35)22-24(2)12-11-13-25(3)34-26(4)14-15-32(45-28(6)40)37(7,17-16-29(41)23-33(43)47-34)48-36(44)38-18-20-39(8,9)21-19-38;/h11-15,24,26-27,29-32,34-35,41-42H,10,16-23H2,1-9H3;1H/q+1;/p-1/b12-11+,15-14+,25-13+;/t24-,26+,27-,29-,30+,31-,32+,34-,35-,37-;/m1./s1. The molecule has 2 N–H and O–H groups in total. The minimum absolute atomic E-state index is 0. The smallest absolute Gasteiger partial charge is 0.410 e. The molecule has 10 atom stereocenters. The molecule has 0 aromatic carbocycles. The minimum atomic E-state index is -1.29. The normalized spacial score (nSPS) is 33.5. The molecule has 0 aromatic rings. The Labute approximate surface area is 310 Å². The van der Waals surface area contributed by atoms with Crippen LogP contribution in [-0.2, 0) is 28.5 Å². The molecule has 1 amide bonds. The van der Waals surface area contributed by atoms with Gasteiger partial charge >= 0.3 is 18.0 Å². The summed E-state index contributed by atoms with van der Waals surface area (Å²) in [6.45, 7) is 15.6. The summed E-state index contributed by atoms with van der Waals surface area (Å²) < 4.78 is 24.4. The largest absolute Gasteiger partial charge is 1.00 e. The maximum absolute atomic E-state index is 13.4. The highest BCUT2D eigenvalue weighted by Crippen LogP contribution is 2.36. The fourth-order valence-corrected chi connectivity index (χ4v) is 6.52. The number of cyclic esters (lactones) is 1. The molecule has 12 heteroatoms. The molecule has 49 heavy (non-hydrogen) atoms. The fraction of sp³-hybridized carbons (Fsp3) is 0.757. The maximum atomic E-state index is 13.4. The van der Waals surface area contributed by atoms with Gasteiger partial charge in [-0.15, -0.1) is 0 Å². The van der Waals surface area contributed by atoms with Crippen molar-refractivity contribution in [1.29, 1.82) is 0 Å². The number of rotatable bonds is 10. The second-order valence-corrected chi connectivity index (χ2v) is 15.1. The highest BCUT2D eigenvalue weighted by atomic mass is 127. The predicted molar refractivity (Wildman–Crippen MR) is 183 cm³/mol. The van der Waals surface area contributed by atoms with E-state index in [9.17, 15) is 24.6 Å². The number of nitrogens with zero attached hydrogens (tertiary/aromatic N) is 2. The number of piperazine rings is 1. The van der Waals surface area contributed by atoms with E-state index in [1.807, 2.05) is 45.9 Å². The van der Waals surface area contributed by atoms with Gasteiger partial charge in [0.1, 0.15) is 6.10 Å². The molecule has 0 aromatic heterocycles. The number of esters is 2. The van der Waals surface area contributed by atoms with E-state index in [2.05, 4.69) is 27.1 Å². The van der Waals surface area contributed by atoms with Crippen LogP contribution >= 0.6 is 0 Å². The molecular formula is C37H61IN2O9. The van der Waals surface area contributed by atoms with Gasteiger partial charge in [-0.25, -0.2) is 4.79 Å². The third-order valence-electron chi connectivity index (χ3n) is 10.1. The molecule has 280 valence electrons. The van der Waals surface area contributed by atoms with Gasteiger partial charge in [-0.3, -0.25) is 14.5 Å². The first-order valence-electron chi connectivity index (χ1n) is 17.7. The zero-order chi connectivity index (χ0) is 35.8. The summed E-state index contributed by atoms with van der Waals surface area (Å²) in [5, 5.41) is 21.0.